The molecule has 0 saturated heterocycles. The summed E-state index contributed by atoms with van der Waals surface area (Å²) in [5, 5.41) is 4.61. The first kappa shape index (κ1) is 11.5. The Morgan fingerprint density at radius 1 is 1.28 bits per heavy atom. The van der Waals surface area contributed by atoms with Gasteiger partial charge in [-0.2, -0.15) is 0 Å². The van der Waals surface area contributed by atoms with Gasteiger partial charge in [0.2, 0.25) is 0 Å². The van der Waals surface area contributed by atoms with Crippen LogP contribution in [0, 0.1) is 6.92 Å². The molecule has 0 radical (unpaired) electrons. The Hall–Kier alpha value is -1.61. The van der Waals surface area contributed by atoms with Crippen molar-refractivity contribution >= 4 is 22.2 Å². The quantitative estimate of drug-likeness (QED) is 0.692. The number of aryl methyl sites for hydroxylation is 2. The van der Waals surface area contributed by atoms with Gasteiger partial charge in [0, 0.05) is 11.6 Å². The first-order valence-electron chi connectivity index (χ1n) is 6.25. The highest BCUT2D eigenvalue weighted by atomic mass is 32.1. The van der Waals surface area contributed by atoms with Gasteiger partial charge in [-0.3, -0.25) is 0 Å². The molecule has 1 aromatic carbocycles. The van der Waals surface area contributed by atoms with Crippen LogP contribution in [0.1, 0.15) is 23.2 Å². The summed E-state index contributed by atoms with van der Waals surface area (Å²) in [7, 11) is 0. The van der Waals surface area contributed by atoms with E-state index in [1.54, 1.807) is 11.3 Å². The topological polar surface area (TPSA) is 17.8 Å². The van der Waals surface area contributed by atoms with Gasteiger partial charge in [-0.1, -0.05) is 25.1 Å². The number of fused-ring (bicyclic) bond motifs is 1. The third-order valence-electron chi connectivity index (χ3n) is 3.25. The molecule has 3 rings (SSSR count). The molecule has 0 bridgehead atoms. The average Bonchev–Trinajstić information content (AvgIpc) is 2.97. The van der Waals surface area contributed by atoms with Crippen LogP contribution in [0.5, 0.6) is 0 Å². The summed E-state index contributed by atoms with van der Waals surface area (Å²) in [5.74, 6) is 0. The van der Waals surface area contributed by atoms with Crippen molar-refractivity contribution in [2.24, 2.45) is 0 Å². The second kappa shape index (κ2) is 4.58. The zero-order valence-electron chi connectivity index (χ0n) is 10.7. The molecule has 3 heteroatoms. The van der Waals surface area contributed by atoms with Gasteiger partial charge in [0.15, 0.2) is 0 Å². The molecular weight excluding hydrogens is 240 g/mol. The van der Waals surface area contributed by atoms with Crippen LogP contribution in [0.25, 0.3) is 10.9 Å². The SMILES string of the molecule is CCc1cccc2ccn(Cc3csc(C)n3)c12. The molecule has 0 saturated carbocycles. The monoisotopic (exact) mass is 256 g/mol. The Morgan fingerprint density at radius 2 is 2.17 bits per heavy atom. The molecular formula is C15H16N2S. The van der Waals surface area contributed by atoms with Crippen molar-refractivity contribution in [1.29, 1.82) is 0 Å². The highest BCUT2D eigenvalue weighted by molar-refractivity contribution is 7.09. The lowest BCUT2D eigenvalue weighted by molar-refractivity contribution is 0.807. The first-order chi connectivity index (χ1) is 8.78. The molecule has 3 aromatic rings. The second-order valence-electron chi connectivity index (χ2n) is 4.51. The van der Waals surface area contributed by atoms with Crippen LogP contribution in [0.3, 0.4) is 0 Å². The van der Waals surface area contributed by atoms with Crippen LogP contribution in [0.2, 0.25) is 0 Å². The Labute approximate surface area is 111 Å². The maximum atomic E-state index is 4.55. The standard InChI is InChI=1S/C15H16N2S/c1-3-12-5-4-6-13-7-8-17(15(12)13)9-14-10-18-11(2)16-14/h4-8,10H,3,9H2,1-2H3. The molecule has 0 unspecified atom stereocenters. The van der Waals surface area contributed by atoms with Crippen LogP contribution < -0.4 is 0 Å². The largest absolute Gasteiger partial charge is 0.341 e. The molecule has 0 aliphatic carbocycles. The van der Waals surface area contributed by atoms with E-state index in [1.807, 2.05) is 0 Å². The Kier molecular flexibility index (Phi) is 2.92. The van der Waals surface area contributed by atoms with Crippen molar-refractivity contribution in [3.8, 4) is 0 Å². The number of nitrogens with zero attached hydrogens (tertiary/aromatic N) is 2. The third kappa shape index (κ3) is 1.95. The van der Waals surface area contributed by atoms with Crippen molar-refractivity contribution in [2.75, 3.05) is 0 Å². The van der Waals surface area contributed by atoms with E-state index < -0.39 is 0 Å². The fraction of sp³-hybridized carbons (Fsp3) is 0.267. The number of para-hydroxylation sites is 1. The predicted molar refractivity (Wildman–Crippen MR) is 77.3 cm³/mol. The lowest BCUT2D eigenvalue weighted by Crippen LogP contribution is -2.00. The van der Waals surface area contributed by atoms with Crippen molar-refractivity contribution in [2.45, 2.75) is 26.8 Å². The van der Waals surface area contributed by atoms with Gasteiger partial charge in [0.25, 0.3) is 0 Å². The molecule has 92 valence electrons. The maximum Gasteiger partial charge on any atom is 0.0898 e. The van der Waals surface area contributed by atoms with Crippen molar-refractivity contribution in [3.05, 3.63) is 52.1 Å². The molecule has 0 aliphatic rings. The molecule has 0 N–H and O–H groups in total. The Morgan fingerprint density at radius 3 is 2.89 bits per heavy atom. The molecule has 2 heterocycles. The summed E-state index contributed by atoms with van der Waals surface area (Å²) in [6, 6.07) is 8.72. The minimum Gasteiger partial charge on any atom is -0.341 e. The Balaban J connectivity index is 2.06. The summed E-state index contributed by atoms with van der Waals surface area (Å²) in [4.78, 5) is 4.55. The van der Waals surface area contributed by atoms with Crippen LogP contribution >= 0.6 is 11.3 Å². The smallest absolute Gasteiger partial charge is 0.0898 e. The van der Waals surface area contributed by atoms with Gasteiger partial charge in [-0.25, -0.2) is 4.98 Å². The van der Waals surface area contributed by atoms with E-state index in [4.69, 9.17) is 0 Å². The van der Waals surface area contributed by atoms with E-state index in [-0.39, 0.29) is 0 Å². The van der Waals surface area contributed by atoms with Gasteiger partial charge in [0.05, 0.1) is 22.8 Å². The van der Waals surface area contributed by atoms with Gasteiger partial charge in [0.1, 0.15) is 0 Å². The van der Waals surface area contributed by atoms with Gasteiger partial charge < -0.3 is 4.57 Å². The summed E-state index contributed by atoms with van der Waals surface area (Å²) >= 11 is 1.72. The average molecular weight is 256 g/mol. The van der Waals surface area contributed by atoms with Crippen molar-refractivity contribution < 1.29 is 0 Å². The fourth-order valence-corrected chi connectivity index (χ4v) is 3.02. The summed E-state index contributed by atoms with van der Waals surface area (Å²) in [5.41, 5.74) is 3.91. The van der Waals surface area contributed by atoms with E-state index >= 15 is 0 Å². The molecule has 0 atom stereocenters. The second-order valence-corrected chi connectivity index (χ2v) is 5.57. The third-order valence-corrected chi connectivity index (χ3v) is 4.07. The lowest BCUT2D eigenvalue weighted by Gasteiger charge is -2.07. The van der Waals surface area contributed by atoms with E-state index in [1.165, 1.54) is 16.5 Å². The maximum absolute atomic E-state index is 4.55. The fourth-order valence-electron chi connectivity index (χ4n) is 2.41. The molecule has 18 heavy (non-hydrogen) atoms. The number of rotatable bonds is 3. The van der Waals surface area contributed by atoms with Gasteiger partial charge in [-0.05, 0) is 30.4 Å². The lowest BCUT2D eigenvalue weighted by atomic mass is 10.1. The molecule has 2 nitrogen and oxygen atoms in total. The predicted octanol–water partition coefficient (Wildman–Crippen LogP) is 4.02. The van der Waals surface area contributed by atoms with E-state index in [9.17, 15) is 0 Å². The van der Waals surface area contributed by atoms with Crippen LogP contribution in [-0.2, 0) is 13.0 Å². The van der Waals surface area contributed by atoms with Crippen LogP contribution in [0.4, 0.5) is 0 Å². The molecule has 2 aromatic heterocycles. The van der Waals surface area contributed by atoms with E-state index in [0.717, 1.165) is 23.7 Å². The number of aromatic nitrogens is 2. The molecule has 0 aliphatic heterocycles. The minimum absolute atomic E-state index is 0.866. The number of hydrogen-bond donors (Lipinski definition) is 0. The van der Waals surface area contributed by atoms with Gasteiger partial charge in [-0.15, -0.1) is 11.3 Å². The number of hydrogen-bond acceptors (Lipinski definition) is 2. The summed E-state index contributed by atoms with van der Waals surface area (Å²) in [6.07, 6.45) is 3.23. The zero-order chi connectivity index (χ0) is 12.5. The van der Waals surface area contributed by atoms with E-state index in [0.29, 0.717) is 0 Å². The van der Waals surface area contributed by atoms with Crippen LogP contribution in [0.15, 0.2) is 35.8 Å². The highest BCUT2D eigenvalue weighted by Gasteiger charge is 2.07. The van der Waals surface area contributed by atoms with Crippen LogP contribution in [-0.4, -0.2) is 9.55 Å². The van der Waals surface area contributed by atoms with Crippen molar-refractivity contribution in [3.63, 3.8) is 0 Å². The summed E-state index contributed by atoms with van der Waals surface area (Å²) < 4.78 is 2.31. The first-order valence-corrected chi connectivity index (χ1v) is 7.13. The highest BCUT2D eigenvalue weighted by Crippen LogP contribution is 2.22. The van der Waals surface area contributed by atoms with Gasteiger partial charge >= 0.3 is 0 Å². The van der Waals surface area contributed by atoms with E-state index in [2.05, 4.69) is 59.2 Å². The number of benzene rings is 1. The minimum atomic E-state index is 0.866. The molecule has 0 spiro atoms. The zero-order valence-corrected chi connectivity index (χ0v) is 11.5. The molecule has 0 fully saturated rings. The Bertz CT molecular complexity index is 679. The molecule has 0 amide bonds. The summed E-state index contributed by atoms with van der Waals surface area (Å²) in [6.45, 7) is 5.13. The number of thiazole rings is 1. The van der Waals surface area contributed by atoms with Crippen molar-refractivity contribution in [1.82, 2.24) is 9.55 Å². The normalized spacial score (nSPS) is 11.2.